The molecule has 0 amide bonds. The summed E-state index contributed by atoms with van der Waals surface area (Å²) in [7, 11) is 0. The van der Waals surface area contributed by atoms with Gasteiger partial charge in [-0.05, 0) is 37.3 Å². The van der Waals surface area contributed by atoms with E-state index in [1.165, 1.54) is 23.1 Å². The Morgan fingerprint density at radius 1 is 1.36 bits per heavy atom. The number of nitro benzene ring substituents is 1. The third-order valence-corrected chi connectivity index (χ3v) is 5.52. The van der Waals surface area contributed by atoms with E-state index in [9.17, 15) is 15.4 Å². The summed E-state index contributed by atoms with van der Waals surface area (Å²) in [6, 6.07) is 6.45. The lowest BCUT2D eigenvalue weighted by atomic mass is 9.96. The number of nitro groups is 1. The number of anilines is 2. The molecule has 0 saturated carbocycles. The van der Waals surface area contributed by atoms with Crippen molar-refractivity contribution in [3.05, 3.63) is 61.7 Å². The highest BCUT2D eigenvalue weighted by molar-refractivity contribution is 7.16. The first kappa shape index (κ1) is 17.3. The van der Waals surface area contributed by atoms with Crippen LogP contribution >= 0.6 is 22.9 Å². The average Bonchev–Trinajstić information content (AvgIpc) is 2.93. The molecule has 25 heavy (non-hydrogen) atoms. The third kappa shape index (κ3) is 3.60. The lowest BCUT2D eigenvalue weighted by molar-refractivity contribution is -0.384. The fourth-order valence-electron chi connectivity index (χ4n) is 2.82. The van der Waals surface area contributed by atoms with Gasteiger partial charge < -0.3 is 10.6 Å². The maximum absolute atomic E-state index is 10.8. The van der Waals surface area contributed by atoms with Gasteiger partial charge in [-0.3, -0.25) is 10.1 Å². The zero-order valence-electron chi connectivity index (χ0n) is 13.3. The van der Waals surface area contributed by atoms with Gasteiger partial charge in [-0.25, -0.2) is 0 Å². The minimum atomic E-state index is -0.502. The molecule has 0 fully saturated rings. The van der Waals surface area contributed by atoms with Crippen LogP contribution in [-0.4, -0.2) is 4.92 Å². The molecule has 0 unspecified atom stereocenters. The second kappa shape index (κ2) is 7.13. The third-order valence-electron chi connectivity index (χ3n) is 4.00. The number of hydrogen-bond acceptors (Lipinski definition) is 6. The van der Waals surface area contributed by atoms with Crippen molar-refractivity contribution in [2.45, 2.75) is 25.7 Å². The van der Waals surface area contributed by atoms with Crippen LogP contribution in [0.4, 0.5) is 16.4 Å². The number of nitriles is 1. The molecule has 0 radical (unpaired) electrons. The summed E-state index contributed by atoms with van der Waals surface area (Å²) in [6.45, 7) is 3.91. The second-order valence-corrected chi connectivity index (χ2v) is 7.19. The Balaban J connectivity index is 1.77. The van der Waals surface area contributed by atoms with E-state index in [1.54, 1.807) is 11.3 Å². The van der Waals surface area contributed by atoms with Gasteiger partial charge in [0.15, 0.2) is 0 Å². The number of rotatable bonds is 5. The smallest absolute Gasteiger partial charge is 0.271 e. The second-order valence-electron chi connectivity index (χ2n) is 5.68. The standard InChI is InChI=1S/C17H15ClN4O2S/c1-10(20-15-7-6-11(22(23)24)8-14(15)18)21-17-13(9-19)12-4-2-3-5-16(12)25-17/h6-8,20-21H,1-5H2. The molecule has 1 aromatic carbocycles. The molecule has 1 aromatic heterocycles. The number of thiophene rings is 1. The van der Waals surface area contributed by atoms with Gasteiger partial charge in [-0.1, -0.05) is 18.2 Å². The molecule has 0 atom stereocenters. The molecule has 2 N–H and O–H groups in total. The molecule has 8 heteroatoms. The Bertz CT molecular complexity index is 901. The predicted molar refractivity (Wildman–Crippen MR) is 100 cm³/mol. The Kier molecular flexibility index (Phi) is 4.93. The lowest BCUT2D eigenvalue weighted by Gasteiger charge is -2.12. The monoisotopic (exact) mass is 374 g/mol. The predicted octanol–water partition coefficient (Wildman–Crippen LogP) is 5.06. The molecule has 0 saturated heterocycles. The minimum absolute atomic E-state index is 0.0770. The summed E-state index contributed by atoms with van der Waals surface area (Å²) in [5.74, 6) is 0.450. The fraction of sp³-hybridized carbons (Fsp3) is 0.235. The van der Waals surface area contributed by atoms with E-state index >= 15 is 0 Å². The number of halogens is 1. The van der Waals surface area contributed by atoms with Crippen molar-refractivity contribution in [1.82, 2.24) is 0 Å². The molecule has 0 bridgehead atoms. The summed E-state index contributed by atoms with van der Waals surface area (Å²) in [5.41, 5.74) is 2.25. The highest BCUT2D eigenvalue weighted by atomic mass is 35.5. The summed E-state index contributed by atoms with van der Waals surface area (Å²) >= 11 is 7.66. The molecular weight excluding hydrogens is 360 g/mol. The van der Waals surface area contributed by atoms with E-state index in [0.29, 0.717) is 17.1 Å². The van der Waals surface area contributed by atoms with Crippen LogP contribution in [0.15, 0.2) is 30.6 Å². The number of nitrogens with one attached hydrogen (secondary N) is 2. The Labute approximate surface area is 153 Å². The number of non-ortho nitro benzene ring substituents is 1. The van der Waals surface area contributed by atoms with Gasteiger partial charge in [0, 0.05) is 17.0 Å². The number of benzene rings is 1. The SMILES string of the molecule is C=C(Nc1ccc([N+](=O)[O-])cc1Cl)Nc1sc2c(c1C#N)CCCC2. The summed E-state index contributed by atoms with van der Waals surface area (Å²) in [6.07, 6.45) is 4.19. The summed E-state index contributed by atoms with van der Waals surface area (Å²) < 4.78 is 0. The number of aryl methyl sites for hydroxylation is 1. The normalized spacial score (nSPS) is 12.8. The zero-order chi connectivity index (χ0) is 18.0. The molecule has 3 rings (SSSR count). The Morgan fingerprint density at radius 3 is 2.80 bits per heavy atom. The molecule has 1 aliphatic carbocycles. The summed E-state index contributed by atoms with van der Waals surface area (Å²) in [4.78, 5) is 11.5. The van der Waals surface area contributed by atoms with Crippen LogP contribution in [0.25, 0.3) is 0 Å². The van der Waals surface area contributed by atoms with Crippen LogP contribution in [0, 0.1) is 21.4 Å². The van der Waals surface area contributed by atoms with Gasteiger partial charge in [-0.15, -0.1) is 11.3 Å². The molecular formula is C17H15ClN4O2S. The number of hydrogen-bond donors (Lipinski definition) is 2. The maximum Gasteiger partial charge on any atom is 0.271 e. The molecule has 0 spiro atoms. The highest BCUT2D eigenvalue weighted by Gasteiger charge is 2.21. The van der Waals surface area contributed by atoms with Crippen molar-refractivity contribution in [3.8, 4) is 6.07 Å². The quantitative estimate of drug-likeness (QED) is 0.564. The topological polar surface area (TPSA) is 91.0 Å². The van der Waals surface area contributed by atoms with Crippen molar-refractivity contribution in [2.75, 3.05) is 10.6 Å². The van der Waals surface area contributed by atoms with Crippen molar-refractivity contribution < 1.29 is 4.92 Å². The number of fused-ring (bicyclic) bond motifs is 1. The molecule has 128 valence electrons. The fourth-order valence-corrected chi connectivity index (χ4v) is 4.31. The van der Waals surface area contributed by atoms with E-state index in [4.69, 9.17) is 11.6 Å². The first-order valence-electron chi connectivity index (χ1n) is 7.71. The van der Waals surface area contributed by atoms with Gasteiger partial charge in [-0.2, -0.15) is 5.26 Å². The van der Waals surface area contributed by atoms with Crippen molar-refractivity contribution >= 4 is 39.3 Å². The van der Waals surface area contributed by atoms with Gasteiger partial charge in [0.2, 0.25) is 0 Å². The van der Waals surface area contributed by atoms with Crippen LogP contribution < -0.4 is 10.6 Å². The van der Waals surface area contributed by atoms with Crippen molar-refractivity contribution in [2.24, 2.45) is 0 Å². The molecule has 2 aromatic rings. The molecule has 0 aliphatic heterocycles. The van der Waals surface area contributed by atoms with Gasteiger partial charge >= 0.3 is 0 Å². The van der Waals surface area contributed by atoms with Crippen molar-refractivity contribution in [1.29, 1.82) is 5.26 Å². The van der Waals surface area contributed by atoms with Crippen LogP contribution in [-0.2, 0) is 12.8 Å². The van der Waals surface area contributed by atoms with Crippen LogP contribution in [0.3, 0.4) is 0 Å². The van der Waals surface area contributed by atoms with Gasteiger partial charge in [0.25, 0.3) is 5.69 Å². The zero-order valence-corrected chi connectivity index (χ0v) is 14.8. The number of nitrogens with zero attached hydrogens (tertiary/aromatic N) is 2. The first-order valence-corrected chi connectivity index (χ1v) is 8.90. The maximum atomic E-state index is 10.8. The molecule has 1 aliphatic rings. The van der Waals surface area contributed by atoms with E-state index in [1.807, 2.05) is 0 Å². The van der Waals surface area contributed by atoms with E-state index in [0.717, 1.165) is 36.2 Å². The van der Waals surface area contributed by atoms with E-state index in [2.05, 4.69) is 23.3 Å². The van der Waals surface area contributed by atoms with Crippen LogP contribution in [0.2, 0.25) is 5.02 Å². The Hall–Kier alpha value is -2.56. The lowest BCUT2D eigenvalue weighted by Crippen LogP contribution is -2.08. The Morgan fingerprint density at radius 2 is 2.12 bits per heavy atom. The first-order chi connectivity index (χ1) is 12.0. The summed E-state index contributed by atoms with van der Waals surface area (Å²) in [5, 5.41) is 27.4. The van der Waals surface area contributed by atoms with Crippen LogP contribution in [0.1, 0.15) is 28.8 Å². The van der Waals surface area contributed by atoms with E-state index < -0.39 is 4.92 Å². The van der Waals surface area contributed by atoms with Gasteiger partial charge in [0.05, 0.1) is 21.2 Å². The van der Waals surface area contributed by atoms with Crippen molar-refractivity contribution in [3.63, 3.8) is 0 Å². The highest BCUT2D eigenvalue weighted by Crippen LogP contribution is 2.38. The van der Waals surface area contributed by atoms with E-state index in [-0.39, 0.29) is 10.7 Å². The van der Waals surface area contributed by atoms with Gasteiger partial charge in [0.1, 0.15) is 16.9 Å². The largest absolute Gasteiger partial charge is 0.341 e. The molecule has 6 nitrogen and oxygen atoms in total. The minimum Gasteiger partial charge on any atom is -0.341 e. The van der Waals surface area contributed by atoms with Crippen LogP contribution in [0.5, 0.6) is 0 Å². The molecule has 1 heterocycles. The average molecular weight is 375 g/mol.